The van der Waals surface area contributed by atoms with E-state index in [9.17, 15) is 10.1 Å². The van der Waals surface area contributed by atoms with E-state index >= 15 is 0 Å². The van der Waals surface area contributed by atoms with Crippen LogP contribution in [-0.2, 0) is 0 Å². The number of hydrogen-bond acceptors (Lipinski definition) is 5. The van der Waals surface area contributed by atoms with Crippen molar-refractivity contribution in [2.75, 3.05) is 11.9 Å². The van der Waals surface area contributed by atoms with Crippen LogP contribution in [0.2, 0.25) is 0 Å². The third-order valence-corrected chi connectivity index (χ3v) is 4.29. The van der Waals surface area contributed by atoms with Crippen LogP contribution in [0.1, 0.15) is 25.7 Å². The maximum absolute atomic E-state index is 11.5. The number of aromatic nitrogens is 1. The van der Waals surface area contributed by atoms with Crippen molar-refractivity contribution in [3.05, 3.63) is 40.6 Å². The van der Waals surface area contributed by atoms with Crippen molar-refractivity contribution in [1.29, 1.82) is 0 Å². The summed E-state index contributed by atoms with van der Waals surface area (Å²) < 4.78 is 0. The molecule has 0 unspecified atom stereocenters. The van der Waals surface area contributed by atoms with E-state index in [1.165, 1.54) is 0 Å². The lowest BCUT2D eigenvalue weighted by atomic mass is 9.97. The van der Waals surface area contributed by atoms with E-state index < -0.39 is 0 Å². The number of nitrogens with zero attached hydrogens (tertiary/aromatic N) is 2. The number of nitrogens with one attached hydrogen (secondary N) is 1. The molecule has 6 heteroatoms. The van der Waals surface area contributed by atoms with Gasteiger partial charge in [-0.25, -0.2) is 0 Å². The first-order valence-corrected chi connectivity index (χ1v) is 7.16. The number of anilines is 1. The number of fused-ring (bicyclic) bond motifs is 1. The van der Waals surface area contributed by atoms with Crippen molar-refractivity contribution < 1.29 is 4.92 Å². The van der Waals surface area contributed by atoms with Crippen molar-refractivity contribution in [1.82, 2.24) is 4.98 Å². The van der Waals surface area contributed by atoms with Crippen LogP contribution in [0.5, 0.6) is 0 Å². The second-order valence-corrected chi connectivity index (χ2v) is 5.61. The van der Waals surface area contributed by atoms with Crippen LogP contribution in [-0.4, -0.2) is 22.0 Å². The van der Waals surface area contributed by atoms with Crippen LogP contribution in [0.15, 0.2) is 30.5 Å². The van der Waals surface area contributed by atoms with Crippen molar-refractivity contribution in [3.8, 4) is 0 Å². The van der Waals surface area contributed by atoms with E-state index in [2.05, 4.69) is 10.3 Å². The van der Waals surface area contributed by atoms with Crippen LogP contribution in [0.25, 0.3) is 10.9 Å². The lowest BCUT2D eigenvalue weighted by Crippen LogP contribution is -2.42. The highest BCUT2D eigenvalue weighted by Gasteiger charge is 2.34. The van der Waals surface area contributed by atoms with Crippen molar-refractivity contribution in [2.45, 2.75) is 31.2 Å². The molecule has 21 heavy (non-hydrogen) atoms. The molecule has 6 nitrogen and oxygen atoms in total. The molecule has 3 N–H and O–H groups in total. The highest BCUT2D eigenvalue weighted by molar-refractivity contribution is 5.94. The fourth-order valence-electron chi connectivity index (χ4n) is 3.15. The number of nitro benzene ring substituents is 1. The van der Waals surface area contributed by atoms with E-state index in [-0.39, 0.29) is 16.1 Å². The van der Waals surface area contributed by atoms with Crippen molar-refractivity contribution in [2.24, 2.45) is 5.73 Å². The lowest BCUT2D eigenvalue weighted by Gasteiger charge is -2.29. The molecule has 1 aromatic carbocycles. The Morgan fingerprint density at radius 1 is 1.33 bits per heavy atom. The van der Waals surface area contributed by atoms with E-state index in [1.54, 1.807) is 24.4 Å². The lowest BCUT2D eigenvalue weighted by molar-refractivity contribution is -0.382. The summed E-state index contributed by atoms with van der Waals surface area (Å²) in [4.78, 5) is 15.3. The van der Waals surface area contributed by atoms with Gasteiger partial charge in [-0.2, -0.15) is 0 Å². The number of nitro groups is 1. The Hall–Kier alpha value is -2.21. The molecule has 1 heterocycles. The fourth-order valence-corrected chi connectivity index (χ4v) is 3.15. The predicted molar refractivity (Wildman–Crippen MR) is 82.3 cm³/mol. The molecule has 0 radical (unpaired) electrons. The van der Waals surface area contributed by atoms with Gasteiger partial charge in [0.05, 0.1) is 15.8 Å². The molecule has 0 aliphatic heterocycles. The van der Waals surface area contributed by atoms with Gasteiger partial charge in [0.25, 0.3) is 0 Å². The van der Waals surface area contributed by atoms with Gasteiger partial charge < -0.3 is 11.1 Å². The molecule has 0 atom stereocenters. The Kier molecular flexibility index (Phi) is 3.47. The molecule has 0 amide bonds. The second-order valence-electron chi connectivity index (χ2n) is 5.61. The van der Waals surface area contributed by atoms with Gasteiger partial charge in [0.15, 0.2) is 0 Å². The zero-order valence-corrected chi connectivity index (χ0v) is 11.7. The molecule has 0 saturated heterocycles. The predicted octanol–water partition coefficient (Wildman–Crippen LogP) is 2.83. The maximum atomic E-state index is 11.5. The minimum absolute atomic E-state index is 0.0836. The summed E-state index contributed by atoms with van der Waals surface area (Å²) in [5, 5.41) is 15.4. The van der Waals surface area contributed by atoms with Gasteiger partial charge in [-0.15, -0.1) is 0 Å². The normalized spacial score (nSPS) is 17.0. The van der Waals surface area contributed by atoms with Gasteiger partial charge in [0.2, 0.25) is 0 Å². The molecule has 1 aromatic heterocycles. The average molecular weight is 286 g/mol. The summed E-state index contributed by atoms with van der Waals surface area (Å²) >= 11 is 0. The van der Waals surface area contributed by atoms with Gasteiger partial charge in [-0.1, -0.05) is 12.8 Å². The third kappa shape index (κ3) is 2.42. The number of nitrogens with two attached hydrogens (primary N) is 1. The Morgan fingerprint density at radius 2 is 2.10 bits per heavy atom. The summed E-state index contributed by atoms with van der Waals surface area (Å²) in [7, 11) is 0. The number of rotatable bonds is 4. The molecule has 1 saturated carbocycles. The summed E-state index contributed by atoms with van der Waals surface area (Å²) in [5.41, 5.74) is 6.94. The van der Waals surface area contributed by atoms with Crippen LogP contribution < -0.4 is 11.1 Å². The quantitative estimate of drug-likeness (QED) is 0.665. The molecule has 1 fully saturated rings. The molecular weight excluding hydrogens is 268 g/mol. The molecule has 1 aliphatic rings. The number of benzene rings is 1. The Bertz CT molecular complexity index is 680. The smallest absolute Gasteiger partial charge is 0.301 e. The molecule has 2 aromatic rings. The average Bonchev–Trinajstić information content (AvgIpc) is 2.95. The van der Waals surface area contributed by atoms with Gasteiger partial charge in [0.1, 0.15) is 5.69 Å². The van der Waals surface area contributed by atoms with E-state index in [0.29, 0.717) is 23.1 Å². The Labute approximate surface area is 122 Å². The van der Waals surface area contributed by atoms with E-state index in [0.717, 1.165) is 25.7 Å². The first-order valence-electron chi connectivity index (χ1n) is 7.16. The zero-order valence-electron chi connectivity index (χ0n) is 11.7. The van der Waals surface area contributed by atoms with E-state index in [1.807, 2.05) is 6.07 Å². The summed E-state index contributed by atoms with van der Waals surface area (Å²) in [6.45, 7) is 0.481. The Morgan fingerprint density at radius 3 is 2.76 bits per heavy atom. The first-order chi connectivity index (χ1) is 10.2. The van der Waals surface area contributed by atoms with Gasteiger partial charge >= 0.3 is 5.69 Å². The highest BCUT2D eigenvalue weighted by Crippen LogP contribution is 2.38. The minimum Gasteiger partial charge on any atom is -0.373 e. The van der Waals surface area contributed by atoms with Crippen molar-refractivity contribution in [3.63, 3.8) is 0 Å². The zero-order chi connectivity index (χ0) is 14.9. The van der Waals surface area contributed by atoms with Crippen LogP contribution >= 0.6 is 0 Å². The number of hydrogen-bond donors (Lipinski definition) is 2. The second kappa shape index (κ2) is 5.29. The summed E-state index contributed by atoms with van der Waals surface area (Å²) in [5.74, 6) is 0. The van der Waals surface area contributed by atoms with Crippen LogP contribution in [0, 0.1) is 10.1 Å². The molecular formula is C15H18N4O2. The summed E-state index contributed by atoms with van der Waals surface area (Å²) in [6.07, 6.45) is 5.75. The summed E-state index contributed by atoms with van der Waals surface area (Å²) in [6, 6.07) is 7.00. The maximum Gasteiger partial charge on any atom is 0.301 e. The molecule has 110 valence electrons. The molecule has 3 rings (SSSR count). The van der Waals surface area contributed by atoms with E-state index in [4.69, 9.17) is 5.73 Å². The van der Waals surface area contributed by atoms with Gasteiger partial charge in [-0.05, 0) is 37.1 Å². The fraction of sp³-hybridized carbons (Fsp3) is 0.400. The Balaban J connectivity index is 2.09. The van der Waals surface area contributed by atoms with Crippen molar-refractivity contribution >= 4 is 22.3 Å². The van der Waals surface area contributed by atoms with Gasteiger partial charge in [0, 0.05) is 18.3 Å². The largest absolute Gasteiger partial charge is 0.373 e. The molecule has 1 aliphatic carbocycles. The third-order valence-electron chi connectivity index (χ3n) is 4.29. The highest BCUT2D eigenvalue weighted by atomic mass is 16.6. The monoisotopic (exact) mass is 286 g/mol. The number of pyridine rings is 1. The minimum atomic E-state index is -0.342. The SMILES string of the molecule is NCC1(Nc2ccc3ncccc3c2[N+](=O)[O-])CCCC1. The van der Waals surface area contributed by atoms with Crippen LogP contribution in [0.3, 0.4) is 0 Å². The standard InChI is InChI=1S/C15H18N4O2/c16-10-15(7-1-2-8-15)18-13-6-5-12-11(4-3-9-17-12)14(13)19(20)21/h3-6,9,18H,1-2,7-8,10,16H2. The van der Waals surface area contributed by atoms with Gasteiger partial charge in [-0.3, -0.25) is 15.1 Å². The molecule has 0 bridgehead atoms. The molecule has 0 spiro atoms. The first kappa shape index (κ1) is 13.8. The van der Waals surface area contributed by atoms with Crippen LogP contribution in [0.4, 0.5) is 11.4 Å². The topological polar surface area (TPSA) is 94.1 Å².